The third-order valence-corrected chi connectivity index (χ3v) is 5.11. The molecule has 1 aliphatic carbocycles. The van der Waals surface area contributed by atoms with Gasteiger partial charge in [0, 0.05) is 11.1 Å². The van der Waals surface area contributed by atoms with Crippen LogP contribution in [0, 0.1) is 23.3 Å². The molecule has 3 aromatic rings. The maximum absolute atomic E-state index is 13.9. The highest BCUT2D eigenvalue weighted by Gasteiger charge is 2.24. The van der Waals surface area contributed by atoms with Crippen molar-refractivity contribution in [2.75, 3.05) is 5.32 Å². The summed E-state index contributed by atoms with van der Waals surface area (Å²) in [6.45, 7) is 0. The minimum Gasteiger partial charge on any atom is -0.356 e. The number of nitrogens with zero attached hydrogens (tertiary/aromatic N) is 1. The highest BCUT2D eigenvalue weighted by Crippen LogP contribution is 2.35. The summed E-state index contributed by atoms with van der Waals surface area (Å²) in [6, 6.07) is 4.94. The molecule has 1 N–H and O–H groups in total. The first-order valence-electron chi connectivity index (χ1n) is 8.78. The number of aryl methyl sites for hydroxylation is 1. The fraction of sp³-hybridized carbons (Fsp3) is 0.200. The van der Waals surface area contributed by atoms with Gasteiger partial charge in [-0.1, -0.05) is 16.8 Å². The van der Waals surface area contributed by atoms with Gasteiger partial charge in [-0.25, -0.2) is 17.6 Å². The SMILES string of the molecule is O=C(Nc1cc(-c2onc3c2CCCC3)ccc1Cl)c1cc(F)c(F)c(F)c1F. The zero-order chi connectivity index (χ0) is 20.7. The van der Waals surface area contributed by atoms with Crippen molar-refractivity contribution in [1.82, 2.24) is 5.16 Å². The maximum Gasteiger partial charge on any atom is 0.258 e. The Morgan fingerprint density at radius 2 is 1.79 bits per heavy atom. The lowest BCUT2D eigenvalue weighted by molar-refractivity contribution is 0.102. The van der Waals surface area contributed by atoms with E-state index in [9.17, 15) is 22.4 Å². The number of hydrogen-bond acceptors (Lipinski definition) is 3. The molecule has 4 rings (SSSR count). The summed E-state index contributed by atoms with van der Waals surface area (Å²) in [5.41, 5.74) is 1.52. The molecule has 2 aromatic carbocycles. The Balaban J connectivity index is 1.68. The number of fused-ring (bicyclic) bond motifs is 1. The predicted molar refractivity (Wildman–Crippen MR) is 97.8 cm³/mol. The van der Waals surface area contributed by atoms with Crippen LogP contribution >= 0.6 is 11.6 Å². The number of hydrogen-bond donors (Lipinski definition) is 1. The molecule has 1 aromatic heterocycles. The average Bonchev–Trinajstić information content (AvgIpc) is 3.15. The van der Waals surface area contributed by atoms with E-state index >= 15 is 0 Å². The number of halogens is 5. The minimum atomic E-state index is -2.07. The number of anilines is 1. The summed E-state index contributed by atoms with van der Waals surface area (Å²) in [6.07, 6.45) is 3.64. The van der Waals surface area contributed by atoms with Crippen LogP contribution in [-0.2, 0) is 12.8 Å². The third-order valence-electron chi connectivity index (χ3n) is 4.78. The Labute approximate surface area is 167 Å². The molecule has 150 valence electrons. The van der Waals surface area contributed by atoms with Crippen LogP contribution in [0.2, 0.25) is 5.02 Å². The van der Waals surface area contributed by atoms with E-state index in [1.807, 2.05) is 0 Å². The predicted octanol–water partition coefficient (Wildman–Crippen LogP) is 5.68. The number of nitrogens with one attached hydrogen (secondary N) is 1. The van der Waals surface area contributed by atoms with E-state index in [1.165, 1.54) is 12.1 Å². The molecular weight excluding hydrogens is 412 g/mol. The van der Waals surface area contributed by atoms with E-state index in [0.29, 0.717) is 11.3 Å². The molecule has 0 saturated heterocycles. The summed E-state index contributed by atoms with van der Waals surface area (Å²) in [5.74, 6) is -8.17. The summed E-state index contributed by atoms with van der Waals surface area (Å²) in [4.78, 5) is 12.3. The van der Waals surface area contributed by atoms with E-state index in [0.717, 1.165) is 36.9 Å². The van der Waals surface area contributed by atoms with Crippen molar-refractivity contribution in [2.24, 2.45) is 0 Å². The second-order valence-electron chi connectivity index (χ2n) is 6.64. The summed E-state index contributed by atoms with van der Waals surface area (Å²) < 4.78 is 59.3. The molecule has 0 radical (unpaired) electrons. The Kier molecular flexibility index (Phi) is 5.04. The van der Waals surface area contributed by atoms with Crippen molar-refractivity contribution in [1.29, 1.82) is 0 Å². The van der Waals surface area contributed by atoms with Gasteiger partial charge in [-0.3, -0.25) is 4.79 Å². The van der Waals surface area contributed by atoms with Crippen molar-refractivity contribution in [3.05, 3.63) is 69.4 Å². The van der Waals surface area contributed by atoms with Gasteiger partial charge < -0.3 is 9.84 Å². The van der Waals surface area contributed by atoms with Gasteiger partial charge in [-0.15, -0.1) is 0 Å². The number of amides is 1. The van der Waals surface area contributed by atoms with E-state index in [1.54, 1.807) is 6.07 Å². The lowest BCUT2D eigenvalue weighted by Gasteiger charge is -2.12. The van der Waals surface area contributed by atoms with Gasteiger partial charge in [-0.2, -0.15) is 0 Å². The van der Waals surface area contributed by atoms with E-state index in [4.69, 9.17) is 16.1 Å². The van der Waals surface area contributed by atoms with Crippen molar-refractivity contribution >= 4 is 23.2 Å². The van der Waals surface area contributed by atoms with E-state index in [2.05, 4.69) is 10.5 Å². The highest BCUT2D eigenvalue weighted by molar-refractivity contribution is 6.34. The van der Waals surface area contributed by atoms with Gasteiger partial charge in [0.25, 0.3) is 5.91 Å². The smallest absolute Gasteiger partial charge is 0.258 e. The lowest BCUT2D eigenvalue weighted by Crippen LogP contribution is -2.16. The molecule has 0 aliphatic heterocycles. The Bertz CT molecular complexity index is 1130. The van der Waals surface area contributed by atoms with Crippen LogP contribution in [0.15, 0.2) is 28.8 Å². The molecule has 0 unspecified atom stereocenters. The van der Waals surface area contributed by atoms with Crippen LogP contribution in [0.5, 0.6) is 0 Å². The van der Waals surface area contributed by atoms with Crippen LogP contribution < -0.4 is 5.32 Å². The highest BCUT2D eigenvalue weighted by atomic mass is 35.5. The second-order valence-corrected chi connectivity index (χ2v) is 7.05. The normalized spacial score (nSPS) is 13.3. The number of rotatable bonds is 3. The number of benzene rings is 2. The summed E-state index contributed by atoms with van der Waals surface area (Å²) >= 11 is 6.10. The van der Waals surface area contributed by atoms with Crippen molar-refractivity contribution in [3.63, 3.8) is 0 Å². The second kappa shape index (κ2) is 7.51. The third kappa shape index (κ3) is 3.48. The molecule has 4 nitrogen and oxygen atoms in total. The number of aromatic nitrogens is 1. The zero-order valence-corrected chi connectivity index (χ0v) is 15.5. The molecule has 1 heterocycles. The quantitative estimate of drug-likeness (QED) is 0.334. The van der Waals surface area contributed by atoms with Crippen LogP contribution in [0.4, 0.5) is 23.2 Å². The molecule has 0 atom stereocenters. The van der Waals surface area contributed by atoms with Gasteiger partial charge in [-0.05, 0) is 49.9 Å². The lowest BCUT2D eigenvalue weighted by atomic mass is 9.94. The van der Waals surface area contributed by atoms with Gasteiger partial charge in [0.05, 0.1) is 22.0 Å². The molecule has 0 spiro atoms. The van der Waals surface area contributed by atoms with Crippen molar-refractivity contribution in [2.45, 2.75) is 25.7 Å². The van der Waals surface area contributed by atoms with Gasteiger partial charge in [0.2, 0.25) is 0 Å². The van der Waals surface area contributed by atoms with Gasteiger partial charge in [0.15, 0.2) is 29.0 Å². The number of carbonyl (C=O) groups is 1. The average molecular weight is 425 g/mol. The van der Waals surface area contributed by atoms with Gasteiger partial charge in [0.1, 0.15) is 0 Å². The molecule has 9 heteroatoms. The van der Waals surface area contributed by atoms with Crippen molar-refractivity contribution < 1.29 is 26.9 Å². The minimum absolute atomic E-state index is 0.0691. The first kappa shape index (κ1) is 19.4. The molecule has 0 bridgehead atoms. The Morgan fingerprint density at radius 1 is 1.03 bits per heavy atom. The fourth-order valence-corrected chi connectivity index (χ4v) is 3.47. The summed E-state index contributed by atoms with van der Waals surface area (Å²) in [5, 5.41) is 6.47. The monoisotopic (exact) mass is 424 g/mol. The fourth-order valence-electron chi connectivity index (χ4n) is 3.31. The summed E-state index contributed by atoms with van der Waals surface area (Å²) in [7, 11) is 0. The van der Waals surface area contributed by atoms with Crippen LogP contribution in [-0.4, -0.2) is 11.1 Å². The first-order chi connectivity index (χ1) is 13.9. The molecule has 0 fully saturated rings. The van der Waals surface area contributed by atoms with Gasteiger partial charge >= 0.3 is 0 Å². The zero-order valence-electron chi connectivity index (χ0n) is 14.8. The van der Waals surface area contributed by atoms with E-state index < -0.39 is 34.7 Å². The van der Waals surface area contributed by atoms with Crippen LogP contribution in [0.1, 0.15) is 34.5 Å². The molecule has 29 heavy (non-hydrogen) atoms. The van der Waals surface area contributed by atoms with Crippen LogP contribution in [0.3, 0.4) is 0 Å². The molecule has 0 saturated carbocycles. The molecule has 1 amide bonds. The van der Waals surface area contributed by atoms with E-state index in [-0.39, 0.29) is 16.8 Å². The number of carbonyl (C=O) groups excluding carboxylic acids is 1. The molecule has 1 aliphatic rings. The Morgan fingerprint density at radius 3 is 2.59 bits per heavy atom. The standard InChI is InChI=1S/C20H13ClF4N2O2/c21-12-6-5-9(19-10-3-1-2-4-14(10)27-29-19)7-15(12)26-20(28)11-8-13(22)17(24)18(25)16(11)23/h5-8H,1-4H2,(H,26,28). The first-order valence-corrected chi connectivity index (χ1v) is 9.16. The topological polar surface area (TPSA) is 55.1 Å². The maximum atomic E-state index is 13.9. The Hall–Kier alpha value is -2.87. The molecular formula is C20H13ClF4N2O2. The largest absolute Gasteiger partial charge is 0.356 e. The van der Waals surface area contributed by atoms with Crippen LogP contribution in [0.25, 0.3) is 11.3 Å². The van der Waals surface area contributed by atoms with Crippen molar-refractivity contribution in [3.8, 4) is 11.3 Å².